The minimum Gasteiger partial charge on any atom is -0.388 e. The Balaban J connectivity index is 1.34. The van der Waals surface area contributed by atoms with Gasteiger partial charge in [-0.05, 0) is 19.9 Å². The minimum absolute atomic E-state index is 0.334. The highest BCUT2D eigenvalue weighted by Gasteiger charge is 2.49. The molecule has 6 atom stereocenters. The first-order valence-corrected chi connectivity index (χ1v) is 10.3. The molecular weight excluding hydrogens is 378 g/mol. The molecule has 2 N–H and O–H groups in total. The van der Waals surface area contributed by atoms with Gasteiger partial charge in [-0.2, -0.15) is 0 Å². The molecule has 0 aromatic heterocycles. The quantitative estimate of drug-likeness (QED) is 0.653. The predicted molar refractivity (Wildman–Crippen MR) is 103 cm³/mol. The number of hydrogen-bond acceptors (Lipinski definition) is 8. The van der Waals surface area contributed by atoms with Crippen molar-refractivity contribution in [2.24, 2.45) is 0 Å². The summed E-state index contributed by atoms with van der Waals surface area (Å²) in [5.74, 6) is -0.512. The summed E-state index contributed by atoms with van der Waals surface area (Å²) in [5.41, 5.74) is 0.918. The van der Waals surface area contributed by atoms with E-state index in [4.69, 9.17) is 28.4 Å². The lowest BCUT2D eigenvalue weighted by Gasteiger charge is -2.47. The molecule has 1 aromatic carbocycles. The molecule has 3 saturated heterocycles. The molecule has 29 heavy (non-hydrogen) atoms. The maximum Gasteiger partial charge on any atom is 0.184 e. The van der Waals surface area contributed by atoms with Crippen molar-refractivity contribution < 1.29 is 33.5 Å². The van der Waals surface area contributed by atoms with Gasteiger partial charge in [0.25, 0.3) is 0 Å². The van der Waals surface area contributed by atoms with Crippen molar-refractivity contribution >= 4 is 0 Å². The molecule has 3 fully saturated rings. The number of methoxy groups -OCH3 is 1. The summed E-state index contributed by atoms with van der Waals surface area (Å²) in [4.78, 5) is 0. The third-order valence-corrected chi connectivity index (χ3v) is 5.76. The topological polar surface area (TPSA) is 87.6 Å². The second-order valence-corrected chi connectivity index (χ2v) is 7.86. The van der Waals surface area contributed by atoms with Gasteiger partial charge in [0.1, 0.15) is 18.3 Å². The fourth-order valence-corrected chi connectivity index (χ4v) is 4.17. The molecule has 0 aliphatic carbocycles. The maximum absolute atomic E-state index is 11.0. The average molecular weight is 409 g/mol. The molecule has 0 saturated carbocycles. The van der Waals surface area contributed by atoms with Gasteiger partial charge >= 0.3 is 0 Å². The summed E-state index contributed by atoms with van der Waals surface area (Å²) in [5, 5.41) is 14.4. The van der Waals surface area contributed by atoms with Gasteiger partial charge in [0, 0.05) is 19.1 Å². The van der Waals surface area contributed by atoms with E-state index in [1.807, 2.05) is 37.3 Å². The Labute approximate surface area is 171 Å². The van der Waals surface area contributed by atoms with Crippen LogP contribution in [0.1, 0.15) is 31.6 Å². The molecule has 8 heteroatoms. The van der Waals surface area contributed by atoms with E-state index >= 15 is 0 Å². The molecule has 3 aliphatic rings. The van der Waals surface area contributed by atoms with E-state index in [2.05, 4.69) is 5.32 Å². The lowest BCUT2D eigenvalue weighted by Crippen LogP contribution is -2.66. The zero-order valence-electron chi connectivity index (χ0n) is 17.0. The van der Waals surface area contributed by atoms with E-state index in [0.29, 0.717) is 26.4 Å². The highest BCUT2D eigenvalue weighted by Crippen LogP contribution is 2.34. The molecule has 1 aromatic rings. The second kappa shape index (κ2) is 9.36. The van der Waals surface area contributed by atoms with Gasteiger partial charge in [-0.15, -0.1) is 0 Å². The van der Waals surface area contributed by atoms with Crippen molar-refractivity contribution in [3.05, 3.63) is 35.9 Å². The zero-order chi connectivity index (χ0) is 20.3. The largest absolute Gasteiger partial charge is 0.388 e. The Morgan fingerprint density at radius 3 is 2.66 bits per heavy atom. The highest BCUT2D eigenvalue weighted by atomic mass is 16.7. The molecule has 0 bridgehead atoms. The Morgan fingerprint density at radius 2 is 1.93 bits per heavy atom. The molecule has 0 radical (unpaired) electrons. The normalized spacial score (nSPS) is 36.7. The van der Waals surface area contributed by atoms with Gasteiger partial charge in [-0.25, -0.2) is 0 Å². The molecule has 0 spiro atoms. The van der Waals surface area contributed by atoms with E-state index in [-0.39, 0.29) is 6.10 Å². The fourth-order valence-electron chi connectivity index (χ4n) is 4.17. The van der Waals surface area contributed by atoms with Crippen molar-refractivity contribution in [3.63, 3.8) is 0 Å². The van der Waals surface area contributed by atoms with Crippen LogP contribution in [-0.4, -0.2) is 75.0 Å². The Kier molecular flexibility index (Phi) is 6.83. The fraction of sp³-hybridized carbons (Fsp3) is 0.714. The number of benzene rings is 1. The van der Waals surface area contributed by atoms with Gasteiger partial charge in [0.05, 0.1) is 25.9 Å². The predicted octanol–water partition coefficient (Wildman–Crippen LogP) is 1.33. The van der Waals surface area contributed by atoms with Gasteiger partial charge in [0.2, 0.25) is 0 Å². The van der Waals surface area contributed by atoms with Crippen LogP contribution in [0.25, 0.3) is 0 Å². The highest BCUT2D eigenvalue weighted by molar-refractivity contribution is 5.16. The van der Waals surface area contributed by atoms with Crippen molar-refractivity contribution in [2.75, 3.05) is 33.5 Å². The molecule has 8 nitrogen and oxygen atoms in total. The first-order chi connectivity index (χ1) is 14.1. The SMILES string of the molecule is CO[C@@H]1O[C@@H]2COC(c3ccccc3)O[C@H]2[C@H](O)[C@H]1NCCCC1(C)OCCO1. The summed E-state index contributed by atoms with van der Waals surface area (Å²) >= 11 is 0. The number of rotatable bonds is 7. The van der Waals surface area contributed by atoms with Gasteiger partial charge in [-0.3, -0.25) is 0 Å². The number of ether oxygens (including phenoxy) is 6. The molecule has 3 aliphatic heterocycles. The summed E-state index contributed by atoms with van der Waals surface area (Å²) in [6, 6.07) is 9.30. The number of hydrogen-bond donors (Lipinski definition) is 2. The van der Waals surface area contributed by atoms with E-state index in [1.165, 1.54) is 0 Å². The summed E-state index contributed by atoms with van der Waals surface area (Å²) in [7, 11) is 1.57. The summed E-state index contributed by atoms with van der Waals surface area (Å²) in [6.07, 6.45) is -1.17. The van der Waals surface area contributed by atoms with Gasteiger partial charge in [0.15, 0.2) is 18.4 Å². The van der Waals surface area contributed by atoms with E-state index in [9.17, 15) is 5.11 Å². The van der Waals surface area contributed by atoms with Crippen molar-refractivity contribution in [1.29, 1.82) is 0 Å². The van der Waals surface area contributed by atoms with Crippen LogP contribution in [0.3, 0.4) is 0 Å². The van der Waals surface area contributed by atoms with E-state index in [1.54, 1.807) is 7.11 Å². The van der Waals surface area contributed by atoms with Crippen molar-refractivity contribution in [2.45, 2.75) is 62.5 Å². The van der Waals surface area contributed by atoms with E-state index < -0.39 is 36.6 Å². The average Bonchev–Trinajstić information content (AvgIpc) is 3.19. The molecule has 4 rings (SSSR count). The number of aliphatic hydroxyl groups is 1. The number of aliphatic hydroxyl groups excluding tert-OH is 1. The van der Waals surface area contributed by atoms with Crippen LogP contribution in [0.15, 0.2) is 30.3 Å². The smallest absolute Gasteiger partial charge is 0.184 e. The van der Waals surface area contributed by atoms with Crippen LogP contribution in [0.4, 0.5) is 0 Å². The Bertz CT molecular complexity index is 639. The van der Waals surface area contributed by atoms with Gasteiger partial charge in [-0.1, -0.05) is 30.3 Å². The number of fused-ring (bicyclic) bond motifs is 1. The van der Waals surface area contributed by atoms with Crippen LogP contribution in [0.2, 0.25) is 0 Å². The molecule has 0 amide bonds. The minimum atomic E-state index is -0.789. The first kappa shape index (κ1) is 21.1. The summed E-state index contributed by atoms with van der Waals surface area (Å²) in [6.45, 7) is 4.23. The summed E-state index contributed by atoms with van der Waals surface area (Å²) < 4.78 is 34.7. The zero-order valence-corrected chi connectivity index (χ0v) is 17.0. The second-order valence-electron chi connectivity index (χ2n) is 7.86. The molecule has 1 unspecified atom stereocenters. The lowest BCUT2D eigenvalue weighted by atomic mass is 9.95. The van der Waals surface area contributed by atoms with Crippen LogP contribution in [-0.2, 0) is 28.4 Å². The van der Waals surface area contributed by atoms with Crippen molar-refractivity contribution in [1.82, 2.24) is 5.32 Å². The third kappa shape index (κ3) is 4.81. The Hall–Kier alpha value is -1.10. The molecule has 3 heterocycles. The van der Waals surface area contributed by atoms with Crippen LogP contribution in [0, 0.1) is 0 Å². The third-order valence-electron chi connectivity index (χ3n) is 5.76. The van der Waals surface area contributed by atoms with Gasteiger partial charge < -0.3 is 38.8 Å². The standard InChI is InChI=1S/C21H31NO7/c1-21(26-11-12-27-21)9-6-10-22-16-17(23)18-15(28-20(16)24-2)13-25-19(29-18)14-7-4-3-5-8-14/h3-5,7-8,15-20,22-23H,6,9-13H2,1-2H3/t15-,16-,17-,18-,19?,20-/m1/s1. The first-order valence-electron chi connectivity index (χ1n) is 10.3. The lowest BCUT2D eigenvalue weighted by molar-refractivity contribution is -0.341. The van der Waals surface area contributed by atoms with E-state index in [0.717, 1.165) is 18.4 Å². The number of nitrogens with one attached hydrogen (secondary N) is 1. The van der Waals surface area contributed by atoms with Crippen LogP contribution >= 0.6 is 0 Å². The maximum atomic E-state index is 11.0. The monoisotopic (exact) mass is 409 g/mol. The Morgan fingerprint density at radius 1 is 1.17 bits per heavy atom. The van der Waals surface area contributed by atoms with Crippen LogP contribution in [0.5, 0.6) is 0 Å². The molecular formula is C21H31NO7. The van der Waals surface area contributed by atoms with Crippen molar-refractivity contribution in [3.8, 4) is 0 Å². The van der Waals surface area contributed by atoms with Crippen LogP contribution < -0.4 is 5.32 Å². The molecule has 162 valence electrons.